The Balaban J connectivity index is 2.85. The van der Waals surface area contributed by atoms with Gasteiger partial charge in [-0.3, -0.25) is 14.9 Å². The van der Waals surface area contributed by atoms with Crippen molar-refractivity contribution in [2.75, 3.05) is 0 Å². The average molecular weight is 142 g/mol. The van der Waals surface area contributed by atoms with Crippen LogP contribution in [0.25, 0.3) is 0 Å². The van der Waals surface area contributed by atoms with Gasteiger partial charge >= 0.3 is 11.6 Å². The van der Waals surface area contributed by atoms with Crippen LogP contribution in [0, 0.1) is 10.1 Å². The quantitative estimate of drug-likeness (QED) is 0.402. The van der Waals surface area contributed by atoms with Crippen LogP contribution in [-0.4, -0.2) is 16.9 Å². The fraction of sp³-hybridized carbons (Fsp3) is 0.400. The van der Waals surface area contributed by atoms with E-state index in [0.717, 1.165) is 0 Å². The Morgan fingerprint density at radius 2 is 2.40 bits per heavy atom. The Kier molecular flexibility index (Phi) is 1.41. The van der Waals surface area contributed by atoms with Crippen molar-refractivity contribution in [1.29, 1.82) is 0 Å². The highest BCUT2D eigenvalue weighted by atomic mass is 16.6. The minimum atomic E-state index is -0.682. The molecule has 1 atom stereocenters. The largest absolute Gasteiger partial charge is 0.340 e. The molecule has 1 N–H and O–H groups in total. The molecule has 0 spiro atoms. The normalized spacial score (nSPS) is 23.9. The number of rotatable bonds is 1. The van der Waals surface area contributed by atoms with Crippen molar-refractivity contribution in [3.63, 3.8) is 0 Å². The maximum atomic E-state index is 10.6. The Bertz CT molecular complexity index is 221. The lowest BCUT2D eigenvalue weighted by Crippen LogP contribution is -2.25. The molecule has 10 heavy (non-hydrogen) atoms. The fourth-order valence-corrected chi connectivity index (χ4v) is 0.779. The molecule has 5 heteroatoms. The Labute approximate surface area is 56.9 Å². The number of nitro groups is 1. The van der Waals surface area contributed by atoms with Gasteiger partial charge in [-0.2, -0.15) is 0 Å². The van der Waals surface area contributed by atoms with Crippen molar-refractivity contribution in [2.45, 2.75) is 13.0 Å². The minimum absolute atomic E-state index is 0.215. The van der Waals surface area contributed by atoms with Crippen LogP contribution in [0.2, 0.25) is 0 Å². The van der Waals surface area contributed by atoms with E-state index in [9.17, 15) is 14.9 Å². The number of nitrogens with one attached hydrogen (secondary N) is 1. The van der Waals surface area contributed by atoms with E-state index in [-0.39, 0.29) is 11.7 Å². The summed E-state index contributed by atoms with van der Waals surface area (Å²) >= 11 is 0. The predicted molar refractivity (Wildman–Crippen MR) is 32.7 cm³/mol. The van der Waals surface area contributed by atoms with E-state index >= 15 is 0 Å². The zero-order valence-electron chi connectivity index (χ0n) is 5.33. The SMILES string of the molecule is CC1C=C([N+](=O)[O-])C(=O)N1. The first kappa shape index (κ1) is 6.73. The number of amides is 1. The molecule has 0 aliphatic carbocycles. The van der Waals surface area contributed by atoms with E-state index in [1.54, 1.807) is 6.92 Å². The predicted octanol–water partition coefficient (Wildman–Crippen LogP) is -0.335. The van der Waals surface area contributed by atoms with Gasteiger partial charge in [-0.1, -0.05) is 0 Å². The molecule has 0 fully saturated rings. The summed E-state index contributed by atoms with van der Waals surface area (Å²) in [5.74, 6) is -0.600. The van der Waals surface area contributed by atoms with Crippen molar-refractivity contribution >= 4 is 5.91 Å². The minimum Gasteiger partial charge on any atom is -0.340 e. The summed E-state index contributed by atoms with van der Waals surface area (Å²) in [5.41, 5.74) is -0.354. The van der Waals surface area contributed by atoms with Crippen LogP contribution in [-0.2, 0) is 4.79 Å². The van der Waals surface area contributed by atoms with Crippen LogP contribution >= 0.6 is 0 Å². The first-order valence-corrected chi connectivity index (χ1v) is 2.78. The molecule has 1 heterocycles. The summed E-state index contributed by atoms with van der Waals surface area (Å²) in [4.78, 5) is 20.0. The highest BCUT2D eigenvalue weighted by molar-refractivity contribution is 5.93. The van der Waals surface area contributed by atoms with Gasteiger partial charge in [0, 0.05) is 6.08 Å². The smallest absolute Gasteiger partial charge is 0.331 e. The molecule has 0 saturated heterocycles. The first-order chi connectivity index (χ1) is 4.61. The van der Waals surface area contributed by atoms with E-state index < -0.39 is 10.8 Å². The van der Waals surface area contributed by atoms with E-state index in [1.807, 2.05) is 0 Å². The lowest BCUT2D eigenvalue weighted by molar-refractivity contribution is -0.418. The zero-order chi connectivity index (χ0) is 7.72. The molecule has 54 valence electrons. The summed E-state index contributed by atoms with van der Waals surface area (Å²) in [6, 6.07) is -0.215. The molecule has 0 aromatic carbocycles. The summed E-state index contributed by atoms with van der Waals surface area (Å²) in [6.45, 7) is 1.67. The maximum absolute atomic E-state index is 10.6. The molecule has 0 saturated carbocycles. The number of carbonyl (C=O) groups excluding carboxylic acids is 1. The molecule has 5 nitrogen and oxygen atoms in total. The second-order valence-electron chi connectivity index (χ2n) is 2.07. The van der Waals surface area contributed by atoms with Gasteiger partial charge in [0.2, 0.25) is 0 Å². The standard InChI is InChI=1S/C5H6N2O3/c1-3-2-4(7(9)10)5(8)6-3/h2-3H,1H3,(H,6,8). The summed E-state index contributed by atoms with van der Waals surface area (Å²) in [7, 11) is 0. The third-order valence-electron chi connectivity index (χ3n) is 1.20. The summed E-state index contributed by atoms with van der Waals surface area (Å²) in [5, 5.41) is 12.4. The Hall–Kier alpha value is -1.39. The van der Waals surface area contributed by atoms with Crippen LogP contribution in [0.1, 0.15) is 6.92 Å². The first-order valence-electron chi connectivity index (χ1n) is 2.78. The molecule has 0 aromatic heterocycles. The third-order valence-corrected chi connectivity index (χ3v) is 1.20. The van der Waals surface area contributed by atoms with Gasteiger partial charge in [0.1, 0.15) is 0 Å². The molecule has 1 unspecified atom stereocenters. The monoisotopic (exact) mass is 142 g/mol. The molecular formula is C5H6N2O3. The molecule has 1 aliphatic heterocycles. The van der Waals surface area contributed by atoms with Gasteiger partial charge in [-0.15, -0.1) is 0 Å². The van der Waals surface area contributed by atoms with Crippen LogP contribution in [0.3, 0.4) is 0 Å². The van der Waals surface area contributed by atoms with E-state index in [0.29, 0.717) is 0 Å². The topological polar surface area (TPSA) is 72.2 Å². The summed E-state index contributed by atoms with van der Waals surface area (Å²) in [6.07, 6.45) is 1.29. The van der Waals surface area contributed by atoms with Gasteiger partial charge in [0.15, 0.2) is 0 Å². The molecule has 1 rings (SSSR count). The van der Waals surface area contributed by atoms with Crippen molar-refractivity contribution in [1.82, 2.24) is 5.32 Å². The van der Waals surface area contributed by atoms with Gasteiger partial charge in [0.05, 0.1) is 11.0 Å². The summed E-state index contributed by atoms with van der Waals surface area (Å²) < 4.78 is 0. The average Bonchev–Trinajstić information content (AvgIpc) is 2.10. The second-order valence-corrected chi connectivity index (χ2v) is 2.07. The van der Waals surface area contributed by atoms with E-state index in [1.165, 1.54) is 6.08 Å². The Morgan fingerprint density at radius 1 is 1.80 bits per heavy atom. The van der Waals surface area contributed by atoms with E-state index in [4.69, 9.17) is 0 Å². The van der Waals surface area contributed by atoms with Crippen molar-refractivity contribution in [3.8, 4) is 0 Å². The van der Waals surface area contributed by atoms with Gasteiger partial charge in [-0.25, -0.2) is 0 Å². The highest BCUT2D eigenvalue weighted by Crippen LogP contribution is 2.05. The van der Waals surface area contributed by atoms with Crippen molar-refractivity contribution < 1.29 is 9.72 Å². The van der Waals surface area contributed by atoms with Crippen LogP contribution in [0.4, 0.5) is 0 Å². The molecule has 0 bridgehead atoms. The number of carbonyl (C=O) groups is 1. The molecule has 0 aromatic rings. The molecular weight excluding hydrogens is 136 g/mol. The van der Waals surface area contributed by atoms with Crippen LogP contribution in [0.5, 0.6) is 0 Å². The fourth-order valence-electron chi connectivity index (χ4n) is 0.779. The van der Waals surface area contributed by atoms with Gasteiger partial charge < -0.3 is 5.32 Å². The second kappa shape index (κ2) is 2.09. The van der Waals surface area contributed by atoms with Gasteiger partial charge in [0.25, 0.3) is 0 Å². The number of hydrogen-bond acceptors (Lipinski definition) is 3. The lowest BCUT2D eigenvalue weighted by atomic mass is 10.3. The molecule has 1 aliphatic rings. The third kappa shape index (κ3) is 0.975. The number of nitrogens with zero attached hydrogens (tertiary/aromatic N) is 1. The van der Waals surface area contributed by atoms with Crippen molar-refractivity contribution in [3.05, 3.63) is 21.9 Å². The molecule has 0 radical (unpaired) electrons. The van der Waals surface area contributed by atoms with Gasteiger partial charge in [-0.05, 0) is 6.92 Å². The van der Waals surface area contributed by atoms with Crippen molar-refractivity contribution in [2.24, 2.45) is 0 Å². The highest BCUT2D eigenvalue weighted by Gasteiger charge is 2.29. The zero-order valence-corrected chi connectivity index (χ0v) is 5.33. The Morgan fingerprint density at radius 3 is 2.60 bits per heavy atom. The maximum Gasteiger partial charge on any atom is 0.331 e. The van der Waals surface area contributed by atoms with Crippen LogP contribution in [0.15, 0.2) is 11.8 Å². The lowest BCUT2D eigenvalue weighted by Gasteiger charge is -1.94. The van der Waals surface area contributed by atoms with Crippen LogP contribution < -0.4 is 5.32 Å². The molecule has 1 amide bonds. The number of hydrogen-bond donors (Lipinski definition) is 1. The van der Waals surface area contributed by atoms with E-state index in [2.05, 4.69) is 5.32 Å².